The maximum absolute atomic E-state index is 9.64. The zero-order chi connectivity index (χ0) is 9.26. The van der Waals surface area contributed by atoms with Crippen LogP contribution < -0.4 is 0 Å². The van der Waals surface area contributed by atoms with Crippen LogP contribution in [0.5, 0.6) is 5.75 Å². The SMILES string of the molecule is Cc1ccc(-c2ccc[nH]2)c(O)c1. The summed E-state index contributed by atoms with van der Waals surface area (Å²) in [5.41, 5.74) is 2.85. The van der Waals surface area contributed by atoms with Crippen LogP contribution in [0.4, 0.5) is 0 Å². The Labute approximate surface area is 76.9 Å². The Bertz CT molecular complexity index is 404. The molecule has 0 unspecified atom stereocenters. The van der Waals surface area contributed by atoms with E-state index in [2.05, 4.69) is 4.98 Å². The molecule has 1 aromatic carbocycles. The van der Waals surface area contributed by atoms with Crippen LogP contribution >= 0.6 is 0 Å². The van der Waals surface area contributed by atoms with Crippen molar-refractivity contribution in [3.8, 4) is 17.0 Å². The number of hydrogen-bond donors (Lipinski definition) is 2. The van der Waals surface area contributed by atoms with Crippen molar-refractivity contribution in [1.82, 2.24) is 4.98 Å². The summed E-state index contributed by atoms with van der Waals surface area (Å²) < 4.78 is 0. The van der Waals surface area contributed by atoms with Gasteiger partial charge >= 0.3 is 0 Å². The number of phenolic OH excluding ortho intramolecular Hbond substituents is 1. The average Bonchev–Trinajstić information content (AvgIpc) is 2.56. The number of hydrogen-bond acceptors (Lipinski definition) is 1. The monoisotopic (exact) mass is 173 g/mol. The molecule has 0 radical (unpaired) electrons. The first-order valence-corrected chi connectivity index (χ1v) is 4.21. The predicted molar refractivity (Wildman–Crippen MR) is 52.6 cm³/mol. The molecule has 0 aliphatic heterocycles. The number of benzene rings is 1. The fraction of sp³-hybridized carbons (Fsp3) is 0.0909. The highest BCUT2D eigenvalue weighted by atomic mass is 16.3. The van der Waals surface area contributed by atoms with Gasteiger partial charge in [-0.25, -0.2) is 0 Å². The molecule has 2 rings (SSSR count). The standard InChI is InChI=1S/C11H11NO/c1-8-4-5-9(11(13)7-8)10-3-2-6-12-10/h2-7,12-13H,1H3. The molecule has 0 saturated heterocycles. The van der Waals surface area contributed by atoms with Gasteiger partial charge in [0, 0.05) is 17.5 Å². The summed E-state index contributed by atoms with van der Waals surface area (Å²) in [7, 11) is 0. The Morgan fingerprint density at radius 3 is 2.69 bits per heavy atom. The van der Waals surface area contributed by atoms with E-state index < -0.39 is 0 Å². The Morgan fingerprint density at radius 1 is 1.23 bits per heavy atom. The second-order valence-electron chi connectivity index (χ2n) is 3.10. The van der Waals surface area contributed by atoms with Crippen LogP contribution in [0.1, 0.15) is 5.56 Å². The summed E-state index contributed by atoms with van der Waals surface area (Å²) in [5, 5.41) is 9.64. The minimum absolute atomic E-state index is 0.322. The third kappa shape index (κ3) is 1.43. The summed E-state index contributed by atoms with van der Waals surface area (Å²) in [6.07, 6.45) is 1.84. The number of aromatic nitrogens is 1. The van der Waals surface area contributed by atoms with Crippen LogP contribution in [0.3, 0.4) is 0 Å². The van der Waals surface area contributed by atoms with Crippen molar-refractivity contribution in [2.75, 3.05) is 0 Å². The summed E-state index contributed by atoms with van der Waals surface area (Å²) in [6, 6.07) is 9.50. The van der Waals surface area contributed by atoms with Crippen LogP contribution in [0, 0.1) is 6.92 Å². The molecule has 13 heavy (non-hydrogen) atoms. The minimum Gasteiger partial charge on any atom is -0.507 e. The van der Waals surface area contributed by atoms with Gasteiger partial charge in [-0.1, -0.05) is 6.07 Å². The van der Waals surface area contributed by atoms with E-state index >= 15 is 0 Å². The van der Waals surface area contributed by atoms with Crippen molar-refractivity contribution in [2.45, 2.75) is 6.92 Å². The van der Waals surface area contributed by atoms with Crippen LogP contribution in [0.2, 0.25) is 0 Å². The molecule has 0 aliphatic carbocycles. The van der Waals surface area contributed by atoms with Gasteiger partial charge in [0.05, 0.1) is 0 Å². The van der Waals surface area contributed by atoms with Gasteiger partial charge in [-0.15, -0.1) is 0 Å². The van der Waals surface area contributed by atoms with Crippen molar-refractivity contribution >= 4 is 0 Å². The first kappa shape index (κ1) is 7.92. The van der Waals surface area contributed by atoms with Crippen molar-refractivity contribution < 1.29 is 5.11 Å². The summed E-state index contributed by atoms with van der Waals surface area (Å²) >= 11 is 0. The number of phenols is 1. The van der Waals surface area contributed by atoms with E-state index in [4.69, 9.17) is 0 Å². The molecule has 2 N–H and O–H groups in total. The fourth-order valence-corrected chi connectivity index (χ4v) is 1.37. The first-order valence-electron chi connectivity index (χ1n) is 4.21. The van der Waals surface area contributed by atoms with Gasteiger partial charge in [-0.2, -0.15) is 0 Å². The Balaban J connectivity index is 2.53. The molecule has 0 spiro atoms. The normalized spacial score (nSPS) is 10.2. The molecular formula is C11H11NO. The van der Waals surface area contributed by atoms with E-state index in [1.807, 2.05) is 37.4 Å². The highest BCUT2D eigenvalue weighted by Crippen LogP contribution is 2.28. The number of aromatic amines is 1. The number of rotatable bonds is 1. The molecule has 2 nitrogen and oxygen atoms in total. The van der Waals surface area contributed by atoms with E-state index in [0.717, 1.165) is 16.8 Å². The Hall–Kier alpha value is -1.70. The van der Waals surface area contributed by atoms with Crippen LogP contribution in [0.15, 0.2) is 36.5 Å². The minimum atomic E-state index is 0.322. The van der Waals surface area contributed by atoms with Crippen molar-refractivity contribution in [3.05, 3.63) is 42.1 Å². The lowest BCUT2D eigenvalue weighted by atomic mass is 10.1. The van der Waals surface area contributed by atoms with Gasteiger partial charge in [0.2, 0.25) is 0 Å². The van der Waals surface area contributed by atoms with Gasteiger partial charge in [-0.3, -0.25) is 0 Å². The molecule has 1 heterocycles. The molecule has 0 saturated carbocycles. The van der Waals surface area contributed by atoms with E-state index in [-0.39, 0.29) is 0 Å². The molecule has 1 aromatic heterocycles. The molecule has 0 fully saturated rings. The lowest BCUT2D eigenvalue weighted by molar-refractivity contribution is 0.476. The molecule has 0 bridgehead atoms. The van der Waals surface area contributed by atoms with Crippen molar-refractivity contribution in [3.63, 3.8) is 0 Å². The van der Waals surface area contributed by atoms with Crippen LogP contribution in [0.25, 0.3) is 11.3 Å². The van der Waals surface area contributed by atoms with Gasteiger partial charge in [0.1, 0.15) is 5.75 Å². The second-order valence-corrected chi connectivity index (χ2v) is 3.10. The third-order valence-electron chi connectivity index (χ3n) is 2.04. The maximum atomic E-state index is 9.64. The highest BCUT2D eigenvalue weighted by Gasteiger charge is 2.03. The van der Waals surface area contributed by atoms with Crippen molar-refractivity contribution in [1.29, 1.82) is 0 Å². The number of H-pyrrole nitrogens is 1. The van der Waals surface area contributed by atoms with E-state index in [1.165, 1.54) is 0 Å². The van der Waals surface area contributed by atoms with Crippen molar-refractivity contribution in [2.24, 2.45) is 0 Å². The highest BCUT2D eigenvalue weighted by molar-refractivity contribution is 5.67. The Morgan fingerprint density at radius 2 is 2.08 bits per heavy atom. The summed E-state index contributed by atoms with van der Waals surface area (Å²) in [6.45, 7) is 1.96. The zero-order valence-corrected chi connectivity index (χ0v) is 7.41. The van der Waals surface area contributed by atoms with E-state index in [1.54, 1.807) is 6.07 Å². The third-order valence-corrected chi connectivity index (χ3v) is 2.04. The lowest BCUT2D eigenvalue weighted by Crippen LogP contribution is -1.79. The van der Waals surface area contributed by atoms with E-state index in [9.17, 15) is 5.11 Å². The van der Waals surface area contributed by atoms with E-state index in [0.29, 0.717) is 5.75 Å². The maximum Gasteiger partial charge on any atom is 0.125 e. The molecule has 0 amide bonds. The predicted octanol–water partition coefficient (Wildman–Crippen LogP) is 2.70. The van der Waals surface area contributed by atoms with Gasteiger partial charge in [0.15, 0.2) is 0 Å². The molecule has 2 heteroatoms. The average molecular weight is 173 g/mol. The molecule has 2 aromatic rings. The second kappa shape index (κ2) is 2.98. The fourth-order valence-electron chi connectivity index (χ4n) is 1.37. The number of aromatic hydroxyl groups is 1. The summed E-state index contributed by atoms with van der Waals surface area (Å²) in [4.78, 5) is 3.05. The Kier molecular flexibility index (Phi) is 1.81. The first-order chi connectivity index (χ1) is 6.27. The smallest absolute Gasteiger partial charge is 0.125 e. The quantitative estimate of drug-likeness (QED) is 0.683. The number of nitrogens with one attached hydrogen (secondary N) is 1. The topological polar surface area (TPSA) is 36.0 Å². The molecule has 0 aliphatic rings. The molecular weight excluding hydrogens is 162 g/mol. The van der Waals surface area contributed by atoms with Gasteiger partial charge in [-0.05, 0) is 36.8 Å². The summed E-state index contributed by atoms with van der Waals surface area (Å²) in [5.74, 6) is 0.322. The molecule has 66 valence electrons. The zero-order valence-electron chi connectivity index (χ0n) is 7.41. The molecule has 0 atom stereocenters. The largest absolute Gasteiger partial charge is 0.507 e. The lowest BCUT2D eigenvalue weighted by Gasteiger charge is -2.02. The number of aryl methyl sites for hydroxylation is 1. The van der Waals surface area contributed by atoms with Crippen LogP contribution in [-0.4, -0.2) is 10.1 Å². The van der Waals surface area contributed by atoms with Gasteiger partial charge < -0.3 is 10.1 Å². The van der Waals surface area contributed by atoms with Crippen LogP contribution in [-0.2, 0) is 0 Å². The van der Waals surface area contributed by atoms with Gasteiger partial charge in [0.25, 0.3) is 0 Å².